The number of hydrogen-bond acceptors (Lipinski definition) is 1. The van der Waals surface area contributed by atoms with Gasteiger partial charge < -0.3 is 0 Å². The van der Waals surface area contributed by atoms with Crippen LogP contribution in [0.4, 0.5) is 4.39 Å². The van der Waals surface area contributed by atoms with Crippen LogP contribution >= 0.6 is 0 Å². The number of carbonyl (C=O) groups excluding carboxylic acids is 1. The van der Waals surface area contributed by atoms with Gasteiger partial charge in [-0.1, -0.05) is 63.4 Å². The first kappa shape index (κ1) is 20.3. The first-order valence-corrected chi connectivity index (χ1v) is 21.5. The summed E-state index contributed by atoms with van der Waals surface area (Å²) in [6.07, 6.45) is 5.75. The van der Waals surface area contributed by atoms with Gasteiger partial charge in [-0.25, -0.2) is 4.39 Å². The van der Waals surface area contributed by atoms with Gasteiger partial charge in [-0.15, -0.1) is 0 Å². The number of rotatable bonds is 2. The quantitative estimate of drug-likeness (QED) is 0.564. The van der Waals surface area contributed by atoms with Crippen molar-refractivity contribution in [3.05, 3.63) is 40.2 Å². The van der Waals surface area contributed by atoms with E-state index in [0.29, 0.717) is 6.42 Å². The fourth-order valence-corrected chi connectivity index (χ4v) is 51.6. The molecule has 28 heavy (non-hydrogen) atoms. The van der Waals surface area contributed by atoms with Crippen LogP contribution in [-0.2, 0) is 16.3 Å². The first-order chi connectivity index (χ1) is 12.8. The molecule has 2 unspecified atom stereocenters. The molecular weight excluding hydrogens is 398 g/mol. The van der Waals surface area contributed by atoms with Crippen LogP contribution in [0.25, 0.3) is 6.08 Å². The van der Waals surface area contributed by atoms with Crippen LogP contribution in [0.15, 0.2) is 17.7 Å². The number of hydrogen-bond donors (Lipinski definition) is 0. The smallest absolute Gasteiger partial charge is 0.242 e. The molecule has 1 saturated heterocycles. The predicted molar refractivity (Wildman–Crippen MR) is 123 cm³/mol. The maximum absolute atomic E-state index is 14.7. The van der Waals surface area contributed by atoms with Gasteiger partial charge >= 0.3 is 0 Å². The van der Waals surface area contributed by atoms with Crippen molar-refractivity contribution in [3.8, 4) is 0 Å². The van der Waals surface area contributed by atoms with E-state index in [1.54, 1.807) is 6.07 Å². The van der Waals surface area contributed by atoms with Crippen LogP contribution in [0.2, 0.25) is 44.3 Å². The van der Waals surface area contributed by atoms with E-state index in [0.717, 1.165) is 30.4 Å². The van der Waals surface area contributed by atoms with Crippen LogP contribution in [0, 0.1) is 5.82 Å². The minimum atomic E-state index is -2.02. The van der Waals surface area contributed by atoms with E-state index in [2.05, 4.69) is 52.3 Å². The van der Waals surface area contributed by atoms with Gasteiger partial charge in [0, 0.05) is 12.1 Å². The molecule has 0 bridgehead atoms. The van der Waals surface area contributed by atoms with Crippen molar-refractivity contribution >= 4 is 34.3 Å². The SMILES string of the molecule is CC1=Cc2c(C34CCCC3(C([NH])=O)[Si](C)(C)[Si](C)(C)[Si]4(C)C)ccc(F)c2C1. The molecule has 1 amide bonds. The second kappa shape index (κ2) is 5.58. The van der Waals surface area contributed by atoms with E-state index in [4.69, 9.17) is 5.73 Å². The third-order valence-electron chi connectivity index (χ3n) is 10.1. The van der Waals surface area contributed by atoms with E-state index in [1.165, 1.54) is 11.1 Å². The normalized spacial score (nSPS) is 34.1. The summed E-state index contributed by atoms with van der Waals surface area (Å²) >= 11 is 0. The lowest BCUT2D eigenvalue weighted by molar-refractivity contribution is -0.122. The van der Waals surface area contributed by atoms with Crippen LogP contribution in [0.5, 0.6) is 0 Å². The van der Waals surface area contributed by atoms with Gasteiger partial charge in [0.15, 0.2) is 0 Å². The Kier molecular flexibility index (Phi) is 4.04. The van der Waals surface area contributed by atoms with Gasteiger partial charge in [0.05, 0.1) is 15.2 Å². The highest BCUT2D eigenvalue weighted by atomic mass is 29.6. The van der Waals surface area contributed by atoms with Gasteiger partial charge in [0.25, 0.3) is 0 Å². The number of allylic oxidation sites excluding steroid dienone is 1. The lowest BCUT2D eigenvalue weighted by Gasteiger charge is -2.50. The maximum atomic E-state index is 14.7. The molecule has 1 saturated carbocycles. The highest BCUT2D eigenvalue weighted by Gasteiger charge is 2.84. The molecular formula is C22H33FNOSi3. The number of fused-ring (bicyclic) bond motifs is 2. The fraction of sp³-hybridized carbons (Fsp3) is 0.591. The van der Waals surface area contributed by atoms with Gasteiger partial charge in [0.1, 0.15) is 5.82 Å². The molecule has 1 heterocycles. The van der Waals surface area contributed by atoms with E-state index < -0.39 is 27.3 Å². The third-order valence-corrected chi connectivity index (χ3v) is 55.3. The number of amides is 1. The predicted octanol–water partition coefficient (Wildman–Crippen LogP) is 5.59. The molecule has 2 fully saturated rings. The summed E-state index contributed by atoms with van der Waals surface area (Å²) in [5, 5.41) is -0.704. The van der Waals surface area contributed by atoms with E-state index in [-0.39, 0.29) is 16.8 Å². The van der Waals surface area contributed by atoms with Gasteiger partial charge in [-0.05, 0) is 54.0 Å². The first-order valence-electron chi connectivity index (χ1n) is 10.5. The molecule has 1 radical (unpaired) electrons. The topological polar surface area (TPSA) is 40.9 Å². The van der Waals surface area contributed by atoms with Crippen LogP contribution in [0.1, 0.15) is 42.9 Å². The summed E-state index contributed by atoms with van der Waals surface area (Å²) < 4.78 is 14.7. The summed E-state index contributed by atoms with van der Waals surface area (Å²) in [7, 11) is -5.67. The minimum absolute atomic E-state index is 0.116. The second-order valence-corrected chi connectivity index (χ2v) is 39.0. The molecule has 4 rings (SSSR count). The van der Waals surface area contributed by atoms with Crippen LogP contribution in [0.3, 0.4) is 0 Å². The van der Waals surface area contributed by atoms with E-state index in [9.17, 15) is 9.18 Å². The lowest BCUT2D eigenvalue weighted by atomic mass is 9.82. The summed E-state index contributed by atoms with van der Waals surface area (Å²) in [6, 6.07) is 3.67. The number of halogens is 1. The third kappa shape index (κ3) is 1.82. The molecule has 1 aliphatic heterocycles. The van der Waals surface area contributed by atoms with Crippen molar-refractivity contribution in [2.24, 2.45) is 0 Å². The van der Waals surface area contributed by atoms with E-state index >= 15 is 0 Å². The molecule has 1 N–H and O–H groups in total. The fourth-order valence-electron chi connectivity index (χ4n) is 7.81. The number of benzene rings is 1. The average Bonchev–Trinajstić information content (AvgIpc) is 3.19. The van der Waals surface area contributed by atoms with Crippen molar-refractivity contribution in [2.45, 2.75) is 82.0 Å². The van der Waals surface area contributed by atoms with Gasteiger partial charge in [0.2, 0.25) is 5.91 Å². The zero-order valence-electron chi connectivity index (χ0n) is 18.3. The summed E-state index contributed by atoms with van der Waals surface area (Å²) in [5.74, 6) is -0.424. The van der Waals surface area contributed by atoms with Crippen LogP contribution < -0.4 is 5.73 Å². The van der Waals surface area contributed by atoms with Crippen molar-refractivity contribution in [3.63, 3.8) is 0 Å². The monoisotopic (exact) mass is 430 g/mol. The molecule has 3 aliphatic rings. The summed E-state index contributed by atoms with van der Waals surface area (Å²) in [5.41, 5.74) is 12.9. The molecule has 2 nitrogen and oxygen atoms in total. The molecule has 0 aromatic heterocycles. The Morgan fingerprint density at radius 3 is 2.32 bits per heavy atom. The Hall–Kier alpha value is -0.989. The van der Waals surface area contributed by atoms with Crippen molar-refractivity contribution < 1.29 is 9.18 Å². The number of nitrogens with one attached hydrogen (secondary N) is 1. The van der Waals surface area contributed by atoms with E-state index in [1.807, 2.05) is 6.07 Å². The lowest BCUT2D eigenvalue weighted by Crippen LogP contribution is -2.68. The van der Waals surface area contributed by atoms with Crippen LogP contribution in [-0.4, -0.2) is 28.2 Å². The molecule has 6 heteroatoms. The summed E-state index contributed by atoms with van der Waals surface area (Å²) in [4.78, 5) is 13.3. The average molecular weight is 431 g/mol. The minimum Gasteiger partial charge on any atom is -0.273 e. The maximum Gasteiger partial charge on any atom is 0.242 e. The van der Waals surface area contributed by atoms with Gasteiger partial charge in [-0.2, -0.15) is 0 Å². The Morgan fingerprint density at radius 2 is 1.71 bits per heavy atom. The standard InChI is InChI=1S/C22H33FNOSi3/c1-15-13-16-17(14-15)19(23)10-9-18(16)21-11-8-12-22(21,20(24)25)27(4,5)28(6,7)26(21,2)3/h9-10,13,24H,8,11-12,14H2,1-7H3. The highest BCUT2D eigenvalue weighted by molar-refractivity contribution is 7.72. The molecule has 0 spiro atoms. The van der Waals surface area contributed by atoms with Gasteiger partial charge in [-0.3, -0.25) is 10.5 Å². The van der Waals surface area contributed by atoms with Crippen molar-refractivity contribution in [1.29, 1.82) is 0 Å². The Labute approximate surface area is 171 Å². The summed E-state index contributed by atoms with van der Waals surface area (Å²) in [6.45, 7) is 17.0. The molecule has 2 atom stereocenters. The number of carbonyl (C=O) groups is 1. The molecule has 1 aromatic rings. The van der Waals surface area contributed by atoms with Crippen molar-refractivity contribution in [1.82, 2.24) is 5.73 Å². The molecule has 151 valence electrons. The van der Waals surface area contributed by atoms with Crippen molar-refractivity contribution in [2.75, 3.05) is 0 Å². The highest BCUT2D eigenvalue weighted by Crippen LogP contribution is 2.76. The second-order valence-electron chi connectivity index (χ2n) is 11.0. The molecule has 1 aromatic carbocycles. The zero-order valence-corrected chi connectivity index (χ0v) is 21.3. The Morgan fingerprint density at radius 1 is 1.07 bits per heavy atom. The Balaban J connectivity index is 2.16. The Bertz CT molecular complexity index is 936. The molecule has 2 aliphatic carbocycles. The zero-order chi connectivity index (χ0) is 20.9. The largest absolute Gasteiger partial charge is 0.273 e.